The molecule has 0 amide bonds. The van der Waals surface area contributed by atoms with Gasteiger partial charge in [0.15, 0.2) is 11.6 Å². The van der Waals surface area contributed by atoms with Gasteiger partial charge in [-0.25, -0.2) is 4.39 Å². The van der Waals surface area contributed by atoms with E-state index in [1.165, 1.54) is 12.5 Å². The first-order valence-electron chi connectivity index (χ1n) is 4.38. The third kappa shape index (κ3) is 1.85. The molecule has 0 aliphatic heterocycles. The van der Waals surface area contributed by atoms with Crippen LogP contribution in [-0.2, 0) is 0 Å². The molecule has 1 saturated carbocycles. The van der Waals surface area contributed by atoms with E-state index in [4.69, 9.17) is 4.74 Å². The molecule has 70 valence electrons. The fourth-order valence-corrected chi connectivity index (χ4v) is 1.69. The van der Waals surface area contributed by atoms with Crippen molar-refractivity contribution in [3.05, 3.63) is 28.5 Å². The summed E-state index contributed by atoms with van der Waals surface area (Å²) in [6.45, 7) is 0. The van der Waals surface area contributed by atoms with Crippen LogP contribution in [0.2, 0.25) is 0 Å². The number of rotatable bonds is 2. The van der Waals surface area contributed by atoms with Gasteiger partial charge in [0.2, 0.25) is 0 Å². The quantitative estimate of drug-likeness (QED) is 0.774. The zero-order chi connectivity index (χ0) is 9.26. The number of halogens is 2. The highest BCUT2D eigenvalue weighted by molar-refractivity contribution is 9.10. The molecule has 2 rings (SSSR count). The standard InChI is InChI=1S/C10H10BrFO/c11-8-5-2-6-9(12)10(8)13-7-3-1-4-7/h2,5-7H,1,3-4H2. The molecule has 1 aliphatic carbocycles. The first-order chi connectivity index (χ1) is 6.27. The third-order valence-corrected chi connectivity index (χ3v) is 2.88. The molecule has 1 fully saturated rings. The smallest absolute Gasteiger partial charge is 0.169 e. The van der Waals surface area contributed by atoms with Crippen LogP contribution in [0, 0.1) is 5.82 Å². The summed E-state index contributed by atoms with van der Waals surface area (Å²) in [5, 5.41) is 0. The second-order valence-electron chi connectivity index (χ2n) is 3.22. The normalized spacial score (nSPS) is 16.8. The van der Waals surface area contributed by atoms with Gasteiger partial charge in [-0.3, -0.25) is 0 Å². The predicted octanol–water partition coefficient (Wildman–Crippen LogP) is 3.52. The van der Waals surface area contributed by atoms with Crippen LogP contribution in [0.5, 0.6) is 5.75 Å². The third-order valence-electron chi connectivity index (χ3n) is 2.26. The summed E-state index contributed by atoms with van der Waals surface area (Å²) >= 11 is 3.26. The largest absolute Gasteiger partial charge is 0.486 e. The Morgan fingerprint density at radius 2 is 2.15 bits per heavy atom. The van der Waals surface area contributed by atoms with Crippen molar-refractivity contribution < 1.29 is 9.13 Å². The summed E-state index contributed by atoms with van der Waals surface area (Å²) in [7, 11) is 0. The van der Waals surface area contributed by atoms with E-state index >= 15 is 0 Å². The van der Waals surface area contributed by atoms with Gasteiger partial charge in [0, 0.05) is 0 Å². The summed E-state index contributed by atoms with van der Waals surface area (Å²) in [5.41, 5.74) is 0. The molecule has 0 bridgehead atoms. The van der Waals surface area contributed by atoms with Crippen molar-refractivity contribution in [2.45, 2.75) is 25.4 Å². The van der Waals surface area contributed by atoms with E-state index in [-0.39, 0.29) is 11.9 Å². The molecule has 1 aromatic carbocycles. The van der Waals surface area contributed by atoms with Gasteiger partial charge >= 0.3 is 0 Å². The van der Waals surface area contributed by atoms with Crippen LogP contribution in [0.15, 0.2) is 22.7 Å². The van der Waals surface area contributed by atoms with Crippen LogP contribution in [0.3, 0.4) is 0 Å². The summed E-state index contributed by atoms with van der Waals surface area (Å²) in [4.78, 5) is 0. The Morgan fingerprint density at radius 3 is 2.69 bits per heavy atom. The highest BCUT2D eigenvalue weighted by Crippen LogP contribution is 2.32. The van der Waals surface area contributed by atoms with E-state index in [1.54, 1.807) is 12.1 Å². The van der Waals surface area contributed by atoms with Gasteiger partial charge in [0.1, 0.15) is 0 Å². The van der Waals surface area contributed by atoms with Crippen molar-refractivity contribution in [2.24, 2.45) is 0 Å². The van der Waals surface area contributed by atoms with Crippen LogP contribution in [-0.4, -0.2) is 6.10 Å². The minimum Gasteiger partial charge on any atom is -0.486 e. The van der Waals surface area contributed by atoms with Crippen molar-refractivity contribution >= 4 is 15.9 Å². The zero-order valence-electron chi connectivity index (χ0n) is 7.09. The van der Waals surface area contributed by atoms with E-state index in [0.717, 1.165) is 12.8 Å². The average Bonchev–Trinajstić information content (AvgIpc) is 2.00. The van der Waals surface area contributed by atoms with Crippen LogP contribution >= 0.6 is 15.9 Å². The van der Waals surface area contributed by atoms with Gasteiger partial charge in [-0.1, -0.05) is 6.07 Å². The van der Waals surface area contributed by atoms with Crippen LogP contribution < -0.4 is 4.74 Å². The molecule has 0 N–H and O–H groups in total. The Labute approximate surface area is 85.0 Å². The molecular formula is C10H10BrFO. The molecule has 0 unspecified atom stereocenters. The maximum Gasteiger partial charge on any atom is 0.169 e. The fraction of sp³-hybridized carbons (Fsp3) is 0.400. The van der Waals surface area contributed by atoms with Crippen molar-refractivity contribution in [1.29, 1.82) is 0 Å². The van der Waals surface area contributed by atoms with Crippen molar-refractivity contribution in [3.63, 3.8) is 0 Å². The molecule has 0 radical (unpaired) electrons. The highest BCUT2D eigenvalue weighted by atomic mass is 79.9. The van der Waals surface area contributed by atoms with Gasteiger partial charge in [-0.2, -0.15) is 0 Å². The summed E-state index contributed by atoms with van der Waals surface area (Å²) in [5.74, 6) is 0.0634. The van der Waals surface area contributed by atoms with E-state index in [9.17, 15) is 4.39 Å². The van der Waals surface area contributed by atoms with E-state index in [1.807, 2.05) is 0 Å². The Balaban J connectivity index is 2.17. The van der Waals surface area contributed by atoms with Gasteiger partial charge in [0.25, 0.3) is 0 Å². The monoisotopic (exact) mass is 244 g/mol. The molecule has 0 atom stereocenters. The summed E-state index contributed by atoms with van der Waals surface area (Å²) in [6.07, 6.45) is 3.49. The first kappa shape index (κ1) is 9.00. The van der Waals surface area contributed by atoms with Crippen LogP contribution in [0.1, 0.15) is 19.3 Å². The minimum absolute atomic E-state index is 0.216. The van der Waals surface area contributed by atoms with Crippen molar-refractivity contribution in [3.8, 4) is 5.75 Å². The summed E-state index contributed by atoms with van der Waals surface area (Å²) < 4.78 is 19.4. The van der Waals surface area contributed by atoms with Crippen molar-refractivity contribution in [1.82, 2.24) is 0 Å². The first-order valence-corrected chi connectivity index (χ1v) is 5.17. The summed E-state index contributed by atoms with van der Waals surface area (Å²) in [6, 6.07) is 4.86. The lowest BCUT2D eigenvalue weighted by Crippen LogP contribution is -2.25. The SMILES string of the molecule is Fc1cccc(Br)c1OC1CCC1. The Bertz CT molecular complexity index is 290. The van der Waals surface area contributed by atoms with E-state index in [0.29, 0.717) is 10.2 Å². The molecule has 0 spiro atoms. The second-order valence-corrected chi connectivity index (χ2v) is 4.08. The molecule has 3 heteroatoms. The van der Waals surface area contributed by atoms with Crippen LogP contribution in [0.25, 0.3) is 0 Å². The van der Waals surface area contributed by atoms with Crippen LogP contribution in [0.4, 0.5) is 4.39 Å². The van der Waals surface area contributed by atoms with Crippen molar-refractivity contribution in [2.75, 3.05) is 0 Å². The lowest BCUT2D eigenvalue weighted by atomic mass is 9.96. The zero-order valence-corrected chi connectivity index (χ0v) is 8.68. The minimum atomic E-state index is -0.290. The van der Waals surface area contributed by atoms with E-state index in [2.05, 4.69) is 15.9 Å². The Morgan fingerprint density at radius 1 is 1.38 bits per heavy atom. The second kappa shape index (κ2) is 3.66. The Kier molecular flexibility index (Phi) is 2.54. The molecule has 13 heavy (non-hydrogen) atoms. The molecular weight excluding hydrogens is 235 g/mol. The maximum atomic E-state index is 13.2. The van der Waals surface area contributed by atoms with Gasteiger partial charge in [-0.15, -0.1) is 0 Å². The number of hydrogen-bond donors (Lipinski definition) is 0. The number of hydrogen-bond acceptors (Lipinski definition) is 1. The molecule has 0 aromatic heterocycles. The topological polar surface area (TPSA) is 9.23 Å². The predicted molar refractivity (Wildman–Crippen MR) is 52.4 cm³/mol. The molecule has 0 heterocycles. The number of para-hydroxylation sites is 1. The number of ether oxygens (including phenoxy) is 1. The molecule has 1 nitrogen and oxygen atoms in total. The number of benzene rings is 1. The molecule has 1 aliphatic rings. The fourth-order valence-electron chi connectivity index (χ4n) is 1.25. The lowest BCUT2D eigenvalue weighted by molar-refractivity contribution is 0.114. The van der Waals surface area contributed by atoms with Gasteiger partial charge in [0.05, 0.1) is 10.6 Å². The highest BCUT2D eigenvalue weighted by Gasteiger charge is 2.21. The van der Waals surface area contributed by atoms with Gasteiger partial charge in [-0.05, 0) is 47.3 Å². The lowest BCUT2D eigenvalue weighted by Gasteiger charge is -2.26. The molecule has 1 aromatic rings. The average molecular weight is 245 g/mol. The molecule has 0 saturated heterocycles. The Hall–Kier alpha value is -0.570. The van der Waals surface area contributed by atoms with E-state index < -0.39 is 0 Å². The maximum absolute atomic E-state index is 13.2. The van der Waals surface area contributed by atoms with Gasteiger partial charge < -0.3 is 4.74 Å².